The van der Waals surface area contributed by atoms with E-state index in [1.54, 1.807) is 0 Å². The van der Waals surface area contributed by atoms with Crippen LogP contribution in [-0.4, -0.2) is 16.6 Å². The van der Waals surface area contributed by atoms with Crippen LogP contribution in [0.1, 0.15) is 19.2 Å². The van der Waals surface area contributed by atoms with E-state index >= 15 is 0 Å². The van der Waals surface area contributed by atoms with E-state index in [4.69, 9.17) is 0 Å². The Labute approximate surface area is 90.1 Å². The van der Waals surface area contributed by atoms with Gasteiger partial charge in [0.1, 0.15) is 5.82 Å². The molecule has 0 saturated carbocycles. The number of hydrogen-bond acceptors (Lipinski definition) is 2. The topological polar surface area (TPSA) is 29.9 Å². The average Bonchev–Trinajstić information content (AvgIpc) is 2.59. The number of rotatable bonds is 4. The van der Waals surface area contributed by atoms with Gasteiger partial charge in [-0.25, -0.2) is 4.98 Å². The molecule has 3 nitrogen and oxygen atoms in total. The maximum Gasteiger partial charge on any atom is 0.123 e. The third-order valence-corrected chi connectivity index (χ3v) is 2.52. The zero-order valence-corrected chi connectivity index (χ0v) is 9.33. The van der Waals surface area contributed by atoms with E-state index in [2.05, 4.69) is 40.0 Å². The highest BCUT2D eigenvalue weighted by Crippen LogP contribution is 2.16. The molecule has 1 aromatic carbocycles. The summed E-state index contributed by atoms with van der Waals surface area (Å²) in [6.07, 6.45) is 1.14. The van der Waals surface area contributed by atoms with E-state index in [-0.39, 0.29) is 0 Å². The number of hydrogen-bond donors (Lipinski definition) is 1. The van der Waals surface area contributed by atoms with Gasteiger partial charge in [0.25, 0.3) is 0 Å². The van der Waals surface area contributed by atoms with Crippen LogP contribution >= 0.6 is 0 Å². The van der Waals surface area contributed by atoms with Crippen LogP contribution in [0.5, 0.6) is 0 Å². The molecule has 1 heterocycles. The summed E-state index contributed by atoms with van der Waals surface area (Å²) in [6.45, 7) is 4.06. The largest absolute Gasteiger partial charge is 0.327 e. The lowest BCUT2D eigenvalue weighted by molar-refractivity contribution is 0.629. The number of imidazole rings is 1. The first-order chi connectivity index (χ1) is 7.36. The number of aryl methyl sites for hydroxylation is 1. The smallest absolute Gasteiger partial charge is 0.123 e. The number of benzene rings is 1. The number of nitrogens with zero attached hydrogens (tertiary/aromatic N) is 2. The molecule has 0 saturated heterocycles. The minimum Gasteiger partial charge on any atom is -0.327 e. The molecule has 0 atom stereocenters. The van der Waals surface area contributed by atoms with Crippen LogP contribution in [0.15, 0.2) is 24.3 Å². The fourth-order valence-electron chi connectivity index (χ4n) is 1.89. The second-order valence-electron chi connectivity index (χ2n) is 3.70. The first kappa shape index (κ1) is 10.2. The maximum absolute atomic E-state index is 4.62. The molecular formula is C12H17N3. The first-order valence-corrected chi connectivity index (χ1v) is 5.45. The molecule has 0 aliphatic heterocycles. The number of nitrogens with one attached hydrogen (secondary N) is 1. The molecule has 0 unspecified atom stereocenters. The minimum atomic E-state index is 0.828. The van der Waals surface area contributed by atoms with E-state index in [9.17, 15) is 0 Å². The Bertz CT molecular complexity index is 445. The molecule has 15 heavy (non-hydrogen) atoms. The number of para-hydroxylation sites is 2. The van der Waals surface area contributed by atoms with Crippen molar-refractivity contribution >= 4 is 11.0 Å². The van der Waals surface area contributed by atoms with Crippen LogP contribution in [0.2, 0.25) is 0 Å². The average molecular weight is 203 g/mol. The molecule has 2 rings (SSSR count). The van der Waals surface area contributed by atoms with E-state index in [0.717, 1.165) is 30.9 Å². The van der Waals surface area contributed by atoms with Gasteiger partial charge < -0.3 is 9.88 Å². The quantitative estimate of drug-likeness (QED) is 0.825. The van der Waals surface area contributed by atoms with Crippen LogP contribution in [0.25, 0.3) is 11.0 Å². The molecule has 80 valence electrons. The third kappa shape index (κ3) is 1.88. The molecule has 0 fully saturated rings. The Morgan fingerprint density at radius 2 is 2.13 bits per heavy atom. The molecule has 0 amide bonds. The monoisotopic (exact) mass is 203 g/mol. The lowest BCUT2D eigenvalue weighted by Crippen LogP contribution is -2.12. The molecule has 0 spiro atoms. The highest BCUT2D eigenvalue weighted by Gasteiger charge is 2.07. The molecule has 3 heteroatoms. The second-order valence-corrected chi connectivity index (χ2v) is 3.70. The fraction of sp³-hybridized carbons (Fsp3) is 0.417. The van der Waals surface area contributed by atoms with Gasteiger partial charge in [-0.3, -0.25) is 0 Å². The number of fused-ring (bicyclic) bond motifs is 1. The Morgan fingerprint density at radius 3 is 2.87 bits per heavy atom. The highest BCUT2D eigenvalue weighted by atomic mass is 15.1. The summed E-state index contributed by atoms with van der Waals surface area (Å²) in [4.78, 5) is 4.62. The minimum absolute atomic E-state index is 0.828. The van der Waals surface area contributed by atoms with Crippen LogP contribution in [-0.2, 0) is 13.1 Å². The summed E-state index contributed by atoms with van der Waals surface area (Å²) in [7, 11) is 1.95. The zero-order valence-electron chi connectivity index (χ0n) is 9.33. The van der Waals surface area contributed by atoms with E-state index in [1.807, 2.05) is 13.1 Å². The van der Waals surface area contributed by atoms with Crippen LogP contribution in [0.3, 0.4) is 0 Å². The van der Waals surface area contributed by atoms with Gasteiger partial charge in [0.15, 0.2) is 0 Å². The molecule has 0 aliphatic carbocycles. The van der Waals surface area contributed by atoms with Crippen molar-refractivity contribution in [3.63, 3.8) is 0 Å². The summed E-state index contributed by atoms with van der Waals surface area (Å²) in [5.74, 6) is 1.13. The van der Waals surface area contributed by atoms with Crippen molar-refractivity contribution in [2.45, 2.75) is 26.4 Å². The van der Waals surface area contributed by atoms with Crippen molar-refractivity contribution in [2.75, 3.05) is 7.05 Å². The van der Waals surface area contributed by atoms with Crippen molar-refractivity contribution in [2.24, 2.45) is 0 Å². The van der Waals surface area contributed by atoms with Gasteiger partial charge in [-0.2, -0.15) is 0 Å². The van der Waals surface area contributed by atoms with E-state index < -0.39 is 0 Å². The third-order valence-electron chi connectivity index (χ3n) is 2.52. The zero-order chi connectivity index (χ0) is 10.7. The van der Waals surface area contributed by atoms with Crippen molar-refractivity contribution in [3.05, 3.63) is 30.1 Å². The molecule has 1 aromatic heterocycles. The Balaban J connectivity index is 2.53. The molecule has 1 N–H and O–H groups in total. The lowest BCUT2D eigenvalue weighted by atomic mass is 10.3. The SMILES string of the molecule is CCCn1c(CNC)nc2ccccc21. The summed E-state index contributed by atoms with van der Waals surface area (Å²) < 4.78 is 2.30. The van der Waals surface area contributed by atoms with Gasteiger partial charge in [-0.05, 0) is 25.6 Å². The fourth-order valence-corrected chi connectivity index (χ4v) is 1.89. The maximum atomic E-state index is 4.62. The highest BCUT2D eigenvalue weighted by molar-refractivity contribution is 5.75. The Morgan fingerprint density at radius 1 is 1.33 bits per heavy atom. The van der Waals surface area contributed by atoms with Gasteiger partial charge in [0.05, 0.1) is 17.6 Å². The van der Waals surface area contributed by atoms with Crippen molar-refractivity contribution in [1.29, 1.82) is 0 Å². The second kappa shape index (κ2) is 4.45. The van der Waals surface area contributed by atoms with Gasteiger partial charge in [-0.1, -0.05) is 19.1 Å². The van der Waals surface area contributed by atoms with Crippen LogP contribution in [0, 0.1) is 0 Å². The molecule has 0 radical (unpaired) electrons. The summed E-state index contributed by atoms with van der Waals surface area (Å²) in [5.41, 5.74) is 2.33. The Hall–Kier alpha value is -1.35. The van der Waals surface area contributed by atoms with Crippen molar-refractivity contribution in [1.82, 2.24) is 14.9 Å². The molecule has 0 aliphatic rings. The molecule has 2 aromatic rings. The lowest BCUT2D eigenvalue weighted by Gasteiger charge is -2.06. The van der Waals surface area contributed by atoms with Gasteiger partial charge in [-0.15, -0.1) is 0 Å². The molecular weight excluding hydrogens is 186 g/mol. The summed E-state index contributed by atoms with van der Waals surface area (Å²) >= 11 is 0. The predicted octanol–water partition coefficient (Wildman–Crippen LogP) is 2.17. The van der Waals surface area contributed by atoms with Crippen LogP contribution in [0.4, 0.5) is 0 Å². The van der Waals surface area contributed by atoms with Crippen LogP contribution < -0.4 is 5.32 Å². The normalized spacial score (nSPS) is 11.1. The van der Waals surface area contributed by atoms with E-state index in [1.165, 1.54) is 5.52 Å². The summed E-state index contributed by atoms with van der Waals surface area (Å²) in [6, 6.07) is 8.31. The first-order valence-electron chi connectivity index (χ1n) is 5.45. The van der Waals surface area contributed by atoms with Gasteiger partial charge in [0, 0.05) is 6.54 Å². The van der Waals surface area contributed by atoms with Gasteiger partial charge >= 0.3 is 0 Å². The van der Waals surface area contributed by atoms with Crippen molar-refractivity contribution in [3.8, 4) is 0 Å². The predicted molar refractivity (Wildman–Crippen MR) is 62.8 cm³/mol. The standard InChI is InChI=1S/C12H17N3/c1-3-8-15-11-7-5-4-6-10(11)14-12(15)9-13-2/h4-7,13H,3,8-9H2,1-2H3. The van der Waals surface area contributed by atoms with Gasteiger partial charge in [0.2, 0.25) is 0 Å². The van der Waals surface area contributed by atoms with Crippen molar-refractivity contribution < 1.29 is 0 Å². The summed E-state index contributed by atoms with van der Waals surface area (Å²) in [5, 5.41) is 3.16. The molecule has 0 bridgehead atoms. The Kier molecular flexibility index (Phi) is 3.02. The van der Waals surface area contributed by atoms with E-state index in [0.29, 0.717) is 0 Å². The number of aromatic nitrogens is 2.